The molecule has 122 valence electrons. The number of aryl methyl sites for hydroxylation is 1. The summed E-state index contributed by atoms with van der Waals surface area (Å²) in [5.41, 5.74) is 6.94. The molecule has 0 saturated heterocycles. The molecule has 3 aromatic heterocycles. The molecule has 0 aliphatic carbocycles. The molecule has 3 rings (SSSR count). The smallest absolute Gasteiger partial charge is 0.265 e. The highest BCUT2D eigenvalue weighted by molar-refractivity contribution is 7.14. The second-order valence-corrected chi connectivity index (χ2v) is 5.90. The lowest BCUT2D eigenvalue weighted by Crippen LogP contribution is -2.23. The molecular weight excluding hydrogens is 330 g/mol. The minimum atomic E-state index is -0.566. The lowest BCUT2D eigenvalue weighted by Gasteiger charge is -2.01. The number of anilines is 1. The zero-order chi connectivity index (χ0) is 17.3. The normalized spacial score (nSPS) is 10.5. The van der Waals surface area contributed by atoms with Crippen molar-refractivity contribution in [2.24, 2.45) is 5.73 Å². The van der Waals surface area contributed by atoms with Crippen LogP contribution in [0.15, 0.2) is 34.6 Å². The van der Waals surface area contributed by atoms with Gasteiger partial charge in [0.2, 0.25) is 0 Å². The number of pyridine rings is 1. The molecule has 8 nitrogen and oxygen atoms in total. The molecule has 0 unspecified atom stereocenters. The van der Waals surface area contributed by atoms with E-state index in [9.17, 15) is 14.4 Å². The first kappa shape index (κ1) is 15.7. The molecule has 0 aromatic carbocycles. The number of thiazole rings is 1. The summed E-state index contributed by atoms with van der Waals surface area (Å²) in [5.74, 6) is -1.10. The van der Waals surface area contributed by atoms with Crippen molar-refractivity contribution in [3.05, 3.63) is 57.1 Å². The van der Waals surface area contributed by atoms with E-state index < -0.39 is 17.4 Å². The van der Waals surface area contributed by atoms with Crippen molar-refractivity contribution in [1.82, 2.24) is 15.0 Å². The van der Waals surface area contributed by atoms with E-state index in [4.69, 9.17) is 5.73 Å². The summed E-state index contributed by atoms with van der Waals surface area (Å²) in [6.45, 7) is 1.73. The van der Waals surface area contributed by atoms with Crippen LogP contribution in [0.3, 0.4) is 0 Å². The SMILES string of the molecule is Cc1ccc(C(=O)Nc2nc(-c3c[nH]c(C(N)=O)c3)cs2)c(=O)[nH]1. The fraction of sp³-hybridized carbons (Fsp3) is 0.0667. The maximum Gasteiger partial charge on any atom is 0.265 e. The Labute approximate surface area is 139 Å². The zero-order valence-electron chi connectivity index (χ0n) is 12.5. The van der Waals surface area contributed by atoms with Gasteiger partial charge in [0.1, 0.15) is 11.3 Å². The van der Waals surface area contributed by atoms with Crippen LogP contribution in [0.5, 0.6) is 0 Å². The summed E-state index contributed by atoms with van der Waals surface area (Å²) in [6, 6.07) is 4.69. The Bertz CT molecular complexity index is 985. The van der Waals surface area contributed by atoms with Crippen molar-refractivity contribution in [3.8, 4) is 11.3 Å². The molecule has 0 bridgehead atoms. The maximum absolute atomic E-state index is 12.2. The lowest BCUT2D eigenvalue weighted by molar-refractivity contribution is 0.0993. The predicted molar refractivity (Wildman–Crippen MR) is 90.2 cm³/mol. The molecule has 0 fully saturated rings. The first-order valence-electron chi connectivity index (χ1n) is 6.89. The first-order chi connectivity index (χ1) is 11.4. The number of amides is 2. The molecule has 3 aromatic rings. The summed E-state index contributed by atoms with van der Waals surface area (Å²) in [4.78, 5) is 44.6. The molecule has 0 aliphatic rings. The van der Waals surface area contributed by atoms with Crippen molar-refractivity contribution in [2.75, 3.05) is 5.32 Å². The number of H-pyrrole nitrogens is 2. The van der Waals surface area contributed by atoms with E-state index in [1.54, 1.807) is 30.6 Å². The molecule has 0 atom stereocenters. The van der Waals surface area contributed by atoms with Gasteiger partial charge in [-0.05, 0) is 25.1 Å². The summed E-state index contributed by atoms with van der Waals surface area (Å²) in [7, 11) is 0. The van der Waals surface area contributed by atoms with E-state index in [1.807, 2.05) is 0 Å². The number of aromatic amines is 2. The summed E-state index contributed by atoms with van der Waals surface area (Å²) < 4.78 is 0. The maximum atomic E-state index is 12.2. The van der Waals surface area contributed by atoms with E-state index in [2.05, 4.69) is 20.3 Å². The van der Waals surface area contributed by atoms with Crippen molar-refractivity contribution in [1.29, 1.82) is 0 Å². The fourth-order valence-electron chi connectivity index (χ4n) is 2.06. The van der Waals surface area contributed by atoms with Gasteiger partial charge in [0.05, 0.1) is 5.69 Å². The van der Waals surface area contributed by atoms with E-state index in [0.717, 1.165) is 0 Å². The summed E-state index contributed by atoms with van der Waals surface area (Å²) in [6.07, 6.45) is 1.60. The van der Waals surface area contributed by atoms with Gasteiger partial charge in [0.25, 0.3) is 17.4 Å². The van der Waals surface area contributed by atoms with E-state index in [-0.39, 0.29) is 11.3 Å². The van der Waals surface area contributed by atoms with Crippen LogP contribution in [0, 0.1) is 6.92 Å². The van der Waals surface area contributed by atoms with Gasteiger partial charge in [-0.3, -0.25) is 19.7 Å². The Morgan fingerprint density at radius 3 is 2.79 bits per heavy atom. The van der Waals surface area contributed by atoms with E-state index >= 15 is 0 Å². The minimum Gasteiger partial charge on any atom is -0.364 e. The zero-order valence-corrected chi connectivity index (χ0v) is 13.4. The molecule has 9 heteroatoms. The van der Waals surface area contributed by atoms with Crippen LogP contribution in [0.4, 0.5) is 5.13 Å². The topological polar surface area (TPSA) is 134 Å². The van der Waals surface area contributed by atoms with E-state index in [1.165, 1.54) is 17.4 Å². The second kappa shape index (κ2) is 6.13. The van der Waals surface area contributed by atoms with Crippen LogP contribution in [0.2, 0.25) is 0 Å². The minimum absolute atomic E-state index is 0.00927. The number of rotatable bonds is 4. The Kier molecular flexibility index (Phi) is 4.00. The highest BCUT2D eigenvalue weighted by atomic mass is 32.1. The number of hydrogen-bond donors (Lipinski definition) is 4. The number of nitrogens with one attached hydrogen (secondary N) is 3. The van der Waals surface area contributed by atoms with Gasteiger partial charge in [-0.1, -0.05) is 0 Å². The Hall–Kier alpha value is -3.20. The third kappa shape index (κ3) is 3.10. The summed E-state index contributed by atoms with van der Waals surface area (Å²) >= 11 is 1.21. The number of hydrogen-bond acceptors (Lipinski definition) is 5. The Balaban J connectivity index is 1.79. The number of nitrogens with two attached hydrogens (primary N) is 1. The van der Waals surface area contributed by atoms with E-state index in [0.29, 0.717) is 22.1 Å². The van der Waals surface area contributed by atoms with Crippen LogP contribution >= 0.6 is 11.3 Å². The number of aromatic nitrogens is 3. The fourth-order valence-corrected chi connectivity index (χ4v) is 2.78. The van der Waals surface area contributed by atoms with Crippen LogP contribution in [0.25, 0.3) is 11.3 Å². The second-order valence-electron chi connectivity index (χ2n) is 5.04. The number of primary amides is 1. The molecule has 0 spiro atoms. The first-order valence-corrected chi connectivity index (χ1v) is 7.77. The quantitative estimate of drug-likeness (QED) is 0.571. The number of nitrogens with zero attached hydrogens (tertiary/aromatic N) is 1. The Morgan fingerprint density at radius 1 is 1.33 bits per heavy atom. The van der Waals surface area contributed by atoms with Crippen molar-refractivity contribution < 1.29 is 9.59 Å². The number of carbonyl (C=O) groups is 2. The van der Waals surface area contributed by atoms with Crippen molar-refractivity contribution in [3.63, 3.8) is 0 Å². The van der Waals surface area contributed by atoms with Gasteiger partial charge in [0, 0.05) is 22.8 Å². The third-order valence-corrected chi connectivity index (χ3v) is 4.03. The van der Waals surface area contributed by atoms with Gasteiger partial charge >= 0.3 is 0 Å². The standard InChI is InChI=1S/C15H13N5O3S/c1-7-2-3-9(13(22)18-7)14(23)20-15-19-11(6-24-15)8-4-10(12(16)21)17-5-8/h2-6,17H,1H3,(H2,16,21)(H,18,22)(H,19,20,23). The highest BCUT2D eigenvalue weighted by Crippen LogP contribution is 2.25. The van der Waals surface area contributed by atoms with Crippen LogP contribution in [-0.4, -0.2) is 26.8 Å². The molecule has 5 N–H and O–H groups in total. The van der Waals surface area contributed by atoms with Gasteiger partial charge in [-0.25, -0.2) is 4.98 Å². The molecule has 3 heterocycles. The molecule has 0 aliphatic heterocycles. The Morgan fingerprint density at radius 2 is 2.12 bits per heavy atom. The summed E-state index contributed by atoms with van der Waals surface area (Å²) in [5, 5.41) is 4.65. The molecular formula is C15H13N5O3S. The predicted octanol–water partition coefficient (Wildman–Crippen LogP) is 1.49. The molecule has 0 radical (unpaired) electrons. The molecule has 0 saturated carbocycles. The van der Waals surface area contributed by atoms with Gasteiger partial charge in [-0.2, -0.15) is 0 Å². The van der Waals surface area contributed by atoms with Crippen LogP contribution in [-0.2, 0) is 0 Å². The average molecular weight is 343 g/mol. The lowest BCUT2D eigenvalue weighted by atomic mass is 10.2. The highest BCUT2D eigenvalue weighted by Gasteiger charge is 2.14. The van der Waals surface area contributed by atoms with Gasteiger partial charge < -0.3 is 15.7 Å². The van der Waals surface area contributed by atoms with Crippen molar-refractivity contribution >= 4 is 28.3 Å². The largest absolute Gasteiger partial charge is 0.364 e. The number of carbonyl (C=O) groups excluding carboxylic acids is 2. The van der Waals surface area contributed by atoms with Crippen LogP contribution < -0.4 is 16.6 Å². The van der Waals surface area contributed by atoms with Crippen molar-refractivity contribution in [2.45, 2.75) is 6.92 Å². The monoisotopic (exact) mass is 343 g/mol. The van der Waals surface area contributed by atoms with Gasteiger partial charge in [0.15, 0.2) is 5.13 Å². The van der Waals surface area contributed by atoms with Gasteiger partial charge in [-0.15, -0.1) is 11.3 Å². The average Bonchev–Trinajstić information content (AvgIpc) is 3.15. The molecule has 24 heavy (non-hydrogen) atoms. The van der Waals surface area contributed by atoms with Crippen LogP contribution in [0.1, 0.15) is 26.5 Å². The molecule has 2 amide bonds. The third-order valence-electron chi connectivity index (χ3n) is 3.27.